The molecule has 0 saturated heterocycles. The number of hydrogen-bond acceptors (Lipinski definition) is 2. The van der Waals surface area contributed by atoms with Gasteiger partial charge in [0.2, 0.25) is 0 Å². The summed E-state index contributed by atoms with van der Waals surface area (Å²) < 4.78 is 1.99. The van der Waals surface area contributed by atoms with Gasteiger partial charge in [-0.2, -0.15) is 5.10 Å². The fraction of sp³-hybridized carbons (Fsp3) is 0.429. The Hall–Kier alpha value is -2.16. The van der Waals surface area contributed by atoms with Crippen molar-refractivity contribution in [1.29, 1.82) is 0 Å². The van der Waals surface area contributed by atoms with Gasteiger partial charge in [-0.1, -0.05) is 61.7 Å². The van der Waals surface area contributed by atoms with Crippen molar-refractivity contribution in [3.8, 4) is 0 Å². The molecule has 0 N–H and O–H groups in total. The number of hydrogen-bond donors (Lipinski definition) is 0. The Morgan fingerprint density at radius 1 is 0.958 bits per heavy atom. The van der Waals surface area contributed by atoms with Crippen molar-refractivity contribution in [3.05, 3.63) is 59.7 Å². The summed E-state index contributed by atoms with van der Waals surface area (Å²) in [6.07, 6.45) is 8.52. The van der Waals surface area contributed by atoms with Gasteiger partial charge < -0.3 is 0 Å². The molecule has 0 bridgehead atoms. The number of fused-ring (bicyclic) bond motifs is 1. The van der Waals surface area contributed by atoms with Gasteiger partial charge in [0.1, 0.15) is 5.82 Å². The molecule has 0 spiro atoms. The molecule has 1 aliphatic carbocycles. The highest BCUT2D eigenvalue weighted by atomic mass is 15.3. The van der Waals surface area contributed by atoms with Gasteiger partial charge in [0, 0.05) is 19.4 Å². The van der Waals surface area contributed by atoms with Gasteiger partial charge in [-0.25, -0.2) is 4.98 Å². The van der Waals surface area contributed by atoms with Crippen LogP contribution in [0.3, 0.4) is 0 Å². The van der Waals surface area contributed by atoms with Gasteiger partial charge in [-0.05, 0) is 35.6 Å². The first-order chi connectivity index (χ1) is 11.8. The summed E-state index contributed by atoms with van der Waals surface area (Å²) in [4.78, 5) is 4.86. The van der Waals surface area contributed by atoms with E-state index in [0.717, 1.165) is 24.5 Å². The van der Waals surface area contributed by atoms with Crippen LogP contribution in [0.25, 0.3) is 10.8 Å². The minimum absolute atomic E-state index is 0.583. The standard InChI is InChI=1S/C21H25N3/c1-24-20(22-21(23-24)18-8-3-2-4-9-18)14-12-16-11-13-17-7-5-6-10-19(17)15-16/h5-7,10-11,13,15,18H,2-4,8-9,12,14H2,1H3. The van der Waals surface area contributed by atoms with Gasteiger partial charge in [-0.15, -0.1) is 0 Å². The van der Waals surface area contributed by atoms with Crippen molar-refractivity contribution < 1.29 is 0 Å². The molecule has 0 amide bonds. The van der Waals surface area contributed by atoms with Crippen LogP contribution in [0.5, 0.6) is 0 Å². The zero-order valence-corrected chi connectivity index (χ0v) is 14.4. The van der Waals surface area contributed by atoms with Crippen LogP contribution >= 0.6 is 0 Å². The molecule has 1 heterocycles. The second kappa shape index (κ2) is 6.76. The van der Waals surface area contributed by atoms with Crippen LogP contribution in [0.1, 0.15) is 55.2 Å². The minimum atomic E-state index is 0.583. The van der Waals surface area contributed by atoms with Crippen molar-refractivity contribution >= 4 is 10.8 Å². The molecule has 0 atom stereocenters. The van der Waals surface area contributed by atoms with E-state index in [-0.39, 0.29) is 0 Å². The molecular weight excluding hydrogens is 294 g/mol. The van der Waals surface area contributed by atoms with E-state index in [4.69, 9.17) is 10.1 Å². The van der Waals surface area contributed by atoms with Crippen LogP contribution in [-0.4, -0.2) is 14.8 Å². The second-order valence-electron chi connectivity index (χ2n) is 7.03. The molecule has 124 valence electrons. The largest absolute Gasteiger partial charge is 0.253 e. The highest BCUT2D eigenvalue weighted by molar-refractivity contribution is 5.82. The van der Waals surface area contributed by atoms with Gasteiger partial charge >= 0.3 is 0 Å². The highest BCUT2D eigenvalue weighted by Crippen LogP contribution is 2.30. The smallest absolute Gasteiger partial charge is 0.154 e. The van der Waals surface area contributed by atoms with E-state index in [0.29, 0.717) is 5.92 Å². The lowest BCUT2D eigenvalue weighted by atomic mass is 9.89. The van der Waals surface area contributed by atoms with Crippen molar-refractivity contribution in [2.75, 3.05) is 0 Å². The average Bonchev–Trinajstić information content (AvgIpc) is 3.01. The molecule has 1 aliphatic rings. The summed E-state index contributed by atoms with van der Waals surface area (Å²) in [6, 6.07) is 15.3. The Labute approximate surface area is 143 Å². The molecule has 3 nitrogen and oxygen atoms in total. The van der Waals surface area contributed by atoms with Crippen molar-refractivity contribution in [1.82, 2.24) is 14.8 Å². The maximum atomic E-state index is 4.86. The lowest BCUT2D eigenvalue weighted by Gasteiger charge is -2.18. The summed E-state index contributed by atoms with van der Waals surface area (Å²) >= 11 is 0. The summed E-state index contributed by atoms with van der Waals surface area (Å²) in [6.45, 7) is 0. The second-order valence-corrected chi connectivity index (χ2v) is 7.03. The number of nitrogens with zero attached hydrogens (tertiary/aromatic N) is 3. The van der Waals surface area contributed by atoms with E-state index in [9.17, 15) is 0 Å². The van der Waals surface area contributed by atoms with Crippen LogP contribution in [0.4, 0.5) is 0 Å². The summed E-state index contributed by atoms with van der Waals surface area (Å²) in [5.74, 6) is 2.77. The monoisotopic (exact) mass is 319 g/mol. The van der Waals surface area contributed by atoms with Crippen LogP contribution in [0.15, 0.2) is 42.5 Å². The van der Waals surface area contributed by atoms with E-state index in [1.54, 1.807) is 0 Å². The highest BCUT2D eigenvalue weighted by Gasteiger charge is 2.20. The summed E-state index contributed by atoms with van der Waals surface area (Å²) in [5.41, 5.74) is 1.37. The summed E-state index contributed by atoms with van der Waals surface area (Å²) in [7, 11) is 2.04. The zero-order chi connectivity index (χ0) is 16.4. The topological polar surface area (TPSA) is 30.7 Å². The third kappa shape index (κ3) is 3.21. The maximum absolute atomic E-state index is 4.86. The average molecular weight is 319 g/mol. The normalized spacial score (nSPS) is 15.9. The quantitative estimate of drug-likeness (QED) is 0.691. The molecule has 3 heteroatoms. The Morgan fingerprint density at radius 3 is 2.58 bits per heavy atom. The van der Waals surface area contributed by atoms with E-state index in [1.807, 2.05) is 11.7 Å². The fourth-order valence-electron chi connectivity index (χ4n) is 3.84. The molecule has 3 aromatic rings. The van der Waals surface area contributed by atoms with Crippen LogP contribution < -0.4 is 0 Å². The third-order valence-corrected chi connectivity index (χ3v) is 5.29. The fourth-order valence-corrected chi connectivity index (χ4v) is 3.84. The van der Waals surface area contributed by atoms with Gasteiger partial charge in [0.05, 0.1) is 0 Å². The number of aryl methyl sites for hydroxylation is 3. The third-order valence-electron chi connectivity index (χ3n) is 5.29. The molecular formula is C21H25N3. The molecule has 0 unspecified atom stereocenters. The molecule has 2 aromatic carbocycles. The first-order valence-corrected chi connectivity index (χ1v) is 9.17. The Kier molecular flexibility index (Phi) is 4.33. The number of aromatic nitrogens is 3. The molecule has 1 aromatic heterocycles. The van der Waals surface area contributed by atoms with Crippen LogP contribution in [-0.2, 0) is 19.9 Å². The maximum Gasteiger partial charge on any atom is 0.154 e. The Morgan fingerprint density at radius 2 is 1.75 bits per heavy atom. The lowest BCUT2D eigenvalue weighted by Crippen LogP contribution is -2.06. The minimum Gasteiger partial charge on any atom is -0.253 e. The van der Waals surface area contributed by atoms with Gasteiger partial charge in [0.25, 0.3) is 0 Å². The molecule has 0 radical (unpaired) electrons. The SMILES string of the molecule is Cn1nc(C2CCCCC2)nc1CCc1ccc2ccccc2c1. The van der Waals surface area contributed by atoms with Crippen molar-refractivity contribution in [2.45, 2.75) is 50.9 Å². The molecule has 1 fully saturated rings. The molecule has 1 saturated carbocycles. The van der Waals surface area contributed by atoms with E-state index in [1.165, 1.54) is 48.4 Å². The van der Waals surface area contributed by atoms with E-state index < -0.39 is 0 Å². The zero-order valence-electron chi connectivity index (χ0n) is 14.4. The lowest BCUT2D eigenvalue weighted by molar-refractivity contribution is 0.427. The van der Waals surface area contributed by atoms with Crippen LogP contribution in [0.2, 0.25) is 0 Å². The first kappa shape index (κ1) is 15.4. The Bertz CT molecular complexity index is 828. The van der Waals surface area contributed by atoms with E-state index in [2.05, 4.69) is 42.5 Å². The van der Waals surface area contributed by atoms with Crippen LogP contribution in [0, 0.1) is 0 Å². The van der Waals surface area contributed by atoms with Gasteiger partial charge in [-0.3, -0.25) is 4.68 Å². The number of benzene rings is 2. The predicted molar refractivity (Wildman–Crippen MR) is 98.2 cm³/mol. The Balaban J connectivity index is 1.47. The predicted octanol–water partition coefficient (Wildman–Crippen LogP) is 4.80. The molecule has 24 heavy (non-hydrogen) atoms. The van der Waals surface area contributed by atoms with E-state index >= 15 is 0 Å². The number of rotatable bonds is 4. The molecule has 0 aliphatic heterocycles. The van der Waals surface area contributed by atoms with Gasteiger partial charge in [0.15, 0.2) is 5.82 Å². The van der Waals surface area contributed by atoms with Crippen molar-refractivity contribution in [3.63, 3.8) is 0 Å². The van der Waals surface area contributed by atoms with Crippen molar-refractivity contribution in [2.24, 2.45) is 7.05 Å². The molecule has 4 rings (SSSR count). The first-order valence-electron chi connectivity index (χ1n) is 9.17. The summed E-state index contributed by atoms with van der Waals surface area (Å²) in [5, 5.41) is 7.32.